The predicted molar refractivity (Wildman–Crippen MR) is 154 cm³/mol. The van der Waals surface area contributed by atoms with Crippen molar-refractivity contribution in [2.75, 3.05) is 0 Å². The summed E-state index contributed by atoms with van der Waals surface area (Å²) in [6, 6.07) is 11.6. The maximum Gasteiger partial charge on any atom is 0.131 e. The van der Waals surface area contributed by atoms with E-state index in [9.17, 15) is 0 Å². The number of halogens is 4. The normalized spacial score (nSPS) is 11.7. The van der Waals surface area contributed by atoms with Gasteiger partial charge in [0.15, 0.2) is 0 Å². The summed E-state index contributed by atoms with van der Waals surface area (Å²) in [5.41, 5.74) is 4.91. The van der Waals surface area contributed by atoms with E-state index in [4.69, 9.17) is 46.4 Å². The molecule has 0 saturated heterocycles. The number of hydrogen-bond donors (Lipinski definition) is 0. The number of pyridine rings is 3. The van der Waals surface area contributed by atoms with Crippen molar-refractivity contribution in [2.24, 2.45) is 0 Å². The summed E-state index contributed by atoms with van der Waals surface area (Å²) in [6.07, 6.45) is 1.74. The SMILES string of the molecule is CC(C)(C)c1cc(Cl)nc(Cl)c1.CC(C)(C)c1ccnc(Cl)c1.Cc1cc(C(C)(C)C)cc(Cl)n1. The lowest BCUT2D eigenvalue weighted by Gasteiger charge is -2.19. The van der Waals surface area contributed by atoms with Crippen LogP contribution < -0.4 is 0 Å². The third kappa shape index (κ3) is 11.9. The Morgan fingerprint density at radius 1 is 0.514 bits per heavy atom. The highest BCUT2D eigenvalue weighted by Crippen LogP contribution is 2.27. The Morgan fingerprint density at radius 2 is 0.886 bits per heavy atom. The van der Waals surface area contributed by atoms with Gasteiger partial charge in [-0.25, -0.2) is 15.0 Å². The van der Waals surface area contributed by atoms with Crippen LogP contribution in [-0.2, 0) is 16.2 Å². The molecule has 0 N–H and O–H groups in total. The van der Waals surface area contributed by atoms with E-state index in [1.54, 1.807) is 6.20 Å². The third-order valence-corrected chi connectivity index (χ3v) is 5.80. The van der Waals surface area contributed by atoms with Crippen molar-refractivity contribution in [1.82, 2.24) is 15.0 Å². The molecule has 0 atom stereocenters. The summed E-state index contributed by atoms with van der Waals surface area (Å²) in [4.78, 5) is 11.9. The molecular formula is C28H37Cl4N3. The molecular weight excluding hydrogens is 520 g/mol. The van der Waals surface area contributed by atoms with E-state index in [2.05, 4.69) is 83.3 Å². The molecule has 0 bridgehead atoms. The lowest BCUT2D eigenvalue weighted by Crippen LogP contribution is -2.11. The highest BCUT2D eigenvalue weighted by atomic mass is 35.5. The zero-order valence-electron chi connectivity index (χ0n) is 22.4. The van der Waals surface area contributed by atoms with E-state index in [1.807, 2.05) is 37.3 Å². The molecule has 0 saturated carbocycles. The number of rotatable bonds is 0. The van der Waals surface area contributed by atoms with Crippen LogP contribution in [0.5, 0.6) is 0 Å². The summed E-state index contributed by atoms with van der Waals surface area (Å²) < 4.78 is 0. The first kappa shape index (κ1) is 31.6. The fraction of sp³-hybridized carbons (Fsp3) is 0.464. The first-order valence-corrected chi connectivity index (χ1v) is 12.9. The van der Waals surface area contributed by atoms with E-state index in [0.29, 0.717) is 20.6 Å². The molecule has 0 aliphatic carbocycles. The number of nitrogens with zero attached hydrogens (tertiary/aromatic N) is 3. The van der Waals surface area contributed by atoms with Gasteiger partial charge in [-0.15, -0.1) is 0 Å². The van der Waals surface area contributed by atoms with Gasteiger partial charge in [-0.05, 0) is 76.3 Å². The highest BCUT2D eigenvalue weighted by Gasteiger charge is 2.16. The van der Waals surface area contributed by atoms with Crippen molar-refractivity contribution in [2.45, 2.75) is 85.5 Å². The molecule has 3 rings (SSSR count). The molecule has 7 heteroatoms. The van der Waals surface area contributed by atoms with E-state index < -0.39 is 0 Å². The van der Waals surface area contributed by atoms with Crippen molar-refractivity contribution in [1.29, 1.82) is 0 Å². The van der Waals surface area contributed by atoms with Crippen molar-refractivity contribution >= 4 is 46.4 Å². The minimum atomic E-state index is 0.0657. The molecule has 3 aromatic rings. The van der Waals surface area contributed by atoms with Gasteiger partial charge in [-0.2, -0.15) is 0 Å². The molecule has 0 unspecified atom stereocenters. The van der Waals surface area contributed by atoms with Gasteiger partial charge in [-0.3, -0.25) is 0 Å². The molecule has 3 aromatic heterocycles. The Hall–Kier alpha value is -1.39. The molecule has 0 fully saturated rings. The fourth-order valence-electron chi connectivity index (χ4n) is 2.83. The second kappa shape index (κ2) is 12.7. The van der Waals surface area contributed by atoms with Gasteiger partial charge in [0.2, 0.25) is 0 Å². The average Bonchev–Trinajstić information content (AvgIpc) is 2.65. The largest absolute Gasteiger partial charge is 0.245 e. The number of aryl methyl sites for hydroxylation is 1. The third-order valence-electron chi connectivity index (χ3n) is 5.01. The van der Waals surface area contributed by atoms with Crippen LogP contribution in [0.15, 0.2) is 42.6 Å². The van der Waals surface area contributed by atoms with Gasteiger partial charge in [-0.1, -0.05) is 109 Å². The summed E-state index contributed by atoms with van der Waals surface area (Å²) in [6.45, 7) is 21.2. The highest BCUT2D eigenvalue weighted by molar-refractivity contribution is 6.32. The van der Waals surface area contributed by atoms with Crippen LogP contribution in [0.4, 0.5) is 0 Å². The Morgan fingerprint density at radius 3 is 1.23 bits per heavy atom. The molecule has 0 aromatic carbocycles. The maximum atomic E-state index is 5.85. The van der Waals surface area contributed by atoms with Crippen LogP contribution in [0.2, 0.25) is 20.6 Å². The lowest BCUT2D eigenvalue weighted by molar-refractivity contribution is 0.588. The Kier molecular flexibility index (Phi) is 11.5. The van der Waals surface area contributed by atoms with Crippen LogP contribution in [0.3, 0.4) is 0 Å². The van der Waals surface area contributed by atoms with Gasteiger partial charge < -0.3 is 0 Å². The quantitative estimate of drug-likeness (QED) is 0.258. The van der Waals surface area contributed by atoms with Crippen molar-refractivity contribution < 1.29 is 0 Å². The predicted octanol–water partition coefficient (Wildman–Crippen LogP) is 10.1. The van der Waals surface area contributed by atoms with Crippen LogP contribution >= 0.6 is 46.4 Å². The maximum absolute atomic E-state index is 5.85. The zero-order chi connectivity index (χ0) is 27.2. The monoisotopic (exact) mass is 555 g/mol. The van der Waals surface area contributed by atoms with E-state index >= 15 is 0 Å². The average molecular weight is 557 g/mol. The van der Waals surface area contributed by atoms with Crippen LogP contribution in [0.1, 0.15) is 84.7 Å². The van der Waals surface area contributed by atoms with E-state index in [-0.39, 0.29) is 16.2 Å². The van der Waals surface area contributed by atoms with Gasteiger partial charge in [0.25, 0.3) is 0 Å². The number of hydrogen-bond acceptors (Lipinski definition) is 3. The standard InChI is InChI=1S/C10H14ClN.C9H11Cl2N.C9H12ClN/c1-7-5-8(10(2,3)4)6-9(11)12-7;1-9(2,3)6-4-7(10)12-8(11)5-6;1-9(2,3)7-4-5-11-8(10)6-7/h5-6H,1-4H3;4-5H,1-3H3;4-6H,1-3H3. The summed E-state index contributed by atoms with van der Waals surface area (Å²) >= 11 is 23.1. The molecule has 192 valence electrons. The summed E-state index contributed by atoms with van der Waals surface area (Å²) in [5, 5.41) is 2.05. The minimum absolute atomic E-state index is 0.0657. The molecule has 0 spiro atoms. The second-order valence-corrected chi connectivity index (χ2v) is 13.0. The number of aromatic nitrogens is 3. The van der Waals surface area contributed by atoms with Crippen LogP contribution in [0, 0.1) is 6.92 Å². The summed E-state index contributed by atoms with van der Waals surface area (Å²) in [7, 11) is 0. The summed E-state index contributed by atoms with van der Waals surface area (Å²) in [5.74, 6) is 0. The smallest absolute Gasteiger partial charge is 0.131 e. The molecule has 0 aliphatic heterocycles. The van der Waals surface area contributed by atoms with Crippen molar-refractivity contribution in [3.63, 3.8) is 0 Å². The Balaban J connectivity index is 0.000000263. The first-order chi connectivity index (χ1) is 15.8. The lowest BCUT2D eigenvalue weighted by atomic mass is 9.87. The minimum Gasteiger partial charge on any atom is -0.245 e. The molecule has 35 heavy (non-hydrogen) atoms. The molecule has 3 nitrogen and oxygen atoms in total. The first-order valence-electron chi connectivity index (χ1n) is 11.4. The van der Waals surface area contributed by atoms with Crippen LogP contribution in [-0.4, -0.2) is 15.0 Å². The molecule has 0 radical (unpaired) electrons. The van der Waals surface area contributed by atoms with E-state index in [1.165, 1.54) is 11.1 Å². The molecule has 3 heterocycles. The van der Waals surface area contributed by atoms with Crippen LogP contribution in [0.25, 0.3) is 0 Å². The van der Waals surface area contributed by atoms with Gasteiger partial charge >= 0.3 is 0 Å². The second-order valence-electron chi connectivity index (χ2n) is 11.4. The van der Waals surface area contributed by atoms with Gasteiger partial charge in [0.1, 0.15) is 20.6 Å². The van der Waals surface area contributed by atoms with Gasteiger partial charge in [0.05, 0.1) is 0 Å². The molecule has 0 amide bonds. The molecule has 0 aliphatic rings. The van der Waals surface area contributed by atoms with E-state index in [0.717, 1.165) is 11.3 Å². The van der Waals surface area contributed by atoms with Crippen molar-refractivity contribution in [3.8, 4) is 0 Å². The Bertz CT molecular complexity index is 1010. The topological polar surface area (TPSA) is 38.7 Å². The Labute approximate surface area is 231 Å². The fourth-order valence-corrected chi connectivity index (χ4v) is 3.71. The van der Waals surface area contributed by atoms with Gasteiger partial charge in [0, 0.05) is 11.9 Å². The zero-order valence-corrected chi connectivity index (χ0v) is 25.4. The van der Waals surface area contributed by atoms with Crippen molar-refractivity contribution in [3.05, 3.63) is 85.6 Å².